The molecular formula is C14H17ClN2O3S. The molecule has 0 radical (unpaired) electrons. The lowest BCUT2D eigenvalue weighted by Gasteiger charge is -2.14. The van der Waals surface area contributed by atoms with Gasteiger partial charge in [0, 0.05) is 7.05 Å². The van der Waals surface area contributed by atoms with E-state index in [2.05, 4.69) is 4.98 Å². The van der Waals surface area contributed by atoms with Gasteiger partial charge in [-0.05, 0) is 30.0 Å². The Morgan fingerprint density at radius 3 is 2.52 bits per heavy atom. The van der Waals surface area contributed by atoms with E-state index in [1.165, 1.54) is 10.9 Å². The van der Waals surface area contributed by atoms with E-state index < -0.39 is 10.1 Å². The number of nitrogens with zero attached hydrogens (tertiary/aromatic N) is 2. The van der Waals surface area contributed by atoms with Crippen molar-refractivity contribution in [2.24, 2.45) is 7.05 Å². The highest BCUT2D eigenvalue weighted by Crippen LogP contribution is 2.31. The van der Waals surface area contributed by atoms with E-state index in [0.29, 0.717) is 5.75 Å². The van der Waals surface area contributed by atoms with Crippen molar-refractivity contribution in [3.63, 3.8) is 0 Å². The van der Waals surface area contributed by atoms with E-state index in [1.54, 1.807) is 13.1 Å². The molecule has 0 saturated heterocycles. The molecule has 1 aromatic carbocycles. The summed E-state index contributed by atoms with van der Waals surface area (Å²) < 4.78 is 31.4. The quantitative estimate of drug-likeness (QED) is 0.808. The Morgan fingerprint density at radius 2 is 2.00 bits per heavy atom. The number of aromatic nitrogens is 2. The van der Waals surface area contributed by atoms with Gasteiger partial charge in [-0.3, -0.25) is 0 Å². The number of hydrogen-bond donors (Lipinski definition) is 0. The van der Waals surface area contributed by atoms with E-state index in [-0.39, 0.29) is 16.1 Å². The topological polar surface area (TPSA) is 61.2 Å². The molecule has 0 saturated carbocycles. The molecule has 0 aliphatic rings. The van der Waals surface area contributed by atoms with Gasteiger partial charge in [0.05, 0.1) is 6.33 Å². The third-order valence-corrected chi connectivity index (χ3v) is 4.79. The van der Waals surface area contributed by atoms with Gasteiger partial charge >= 0.3 is 10.1 Å². The largest absolute Gasteiger partial charge is 0.377 e. The fourth-order valence-electron chi connectivity index (χ4n) is 1.91. The number of aryl methyl sites for hydroxylation is 2. The van der Waals surface area contributed by atoms with E-state index in [9.17, 15) is 8.42 Å². The van der Waals surface area contributed by atoms with Crippen LogP contribution in [0, 0.1) is 6.92 Å². The van der Waals surface area contributed by atoms with Crippen LogP contribution in [0.2, 0.25) is 5.15 Å². The van der Waals surface area contributed by atoms with Crippen LogP contribution in [0.3, 0.4) is 0 Å². The third kappa shape index (κ3) is 3.22. The molecule has 0 fully saturated rings. The minimum atomic E-state index is -4.06. The molecule has 2 aromatic rings. The molecule has 1 aromatic heterocycles. The zero-order valence-corrected chi connectivity index (χ0v) is 13.9. The standard InChI is InChI=1S/C14H17ClN2O3S/c1-9(2)11-6-5-10(3)7-12(11)20-21(18,19)14-13(15)17(4)8-16-14/h5-9H,1-4H3. The van der Waals surface area contributed by atoms with Gasteiger partial charge in [-0.15, -0.1) is 0 Å². The monoisotopic (exact) mass is 328 g/mol. The summed E-state index contributed by atoms with van der Waals surface area (Å²) in [4.78, 5) is 3.80. The Kier molecular flexibility index (Phi) is 4.30. The van der Waals surface area contributed by atoms with Crippen LogP contribution in [0.25, 0.3) is 0 Å². The number of imidazole rings is 1. The molecule has 0 amide bonds. The second-order valence-electron chi connectivity index (χ2n) is 5.18. The zero-order chi connectivity index (χ0) is 15.8. The maximum absolute atomic E-state index is 12.3. The second kappa shape index (κ2) is 5.69. The Hall–Kier alpha value is -1.53. The molecule has 5 nitrogen and oxygen atoms in total. The van der Waals surface area contributed by atoms with Crippen LogP contribution in [0.1, 0.15) is 30.9 Å². The van der Waals surface area contributed by atoms with Crippen LogP contribution < -0.4 is 4.18 Å². The van der Waals surface area contributed by atoms with Crippen molar-refractivity contribution < 1.29 is 12.6 Å². The van der Waals surface area contributed by atoms with Gasteiger partial charge in [0.15, 0.2) is 5.15 Å². The number of hydrogen-bond acceptors (Lipinski definition) is 4. The summed E-state index contributed by atoms with van der Waals surface area (Å²) in [6, 6.07) is 5.48. The van der Waals surface area contributed by atoms with Crippen LogP contribution in [0.15, 0.2) is 29.6 Å². The molecule has 1 heterocycles. The Bertz CT molecular complexity index is 767. The first-order valence-corrected chi connectivity index (χ1v) is 8.23. The highest BCUT2D eigenvalue weighted by atomic mass is 35.5. The summed E-state index contributed by atoms with van der Waals surface area (Å²) in [5, 5.41) is -0.253. The SMILES string of the molecule is Cc1ccc(C(C)C)c(OS(=O)(=O)c2ncn(C)c2Cl)c1. The highest BCUT2D eigenvalue weighted by Gasteiger charge is 2.26. The minimum Gasteiger partial charge on any atom is -0.377 e. The summed E-state index contributed by atoms with van der Waals surface area (Å²) in [5.41, 5.74) is 1.73. The van der Waals surface area contributed by atoms with Gasteiger partial charge in [-0.25, -0.2) is 4.98 Å². The van der Waals surface area contributed by atoms with Crippen LogP contribution in [-0.4, -0.2) is 18.0 Å². The molecule has 0 aliphatic carbocycles. The Morgan fingerprint density at radius 1 is 1.33 bits per heavy atom. The number of benzene rings is 1. The van der Waals surface area contributed by atoms with Crippen molar-refractivity contribution >= 4 is 21.7 Å². The molecule has 2 rings (SSSR count). The molecular weight excluding hydrogens is 312 g/mol. The summed E-state index contributed by atoms with van der Waals surface area (Å²) in [6.07, 6.45) is 1.33. The van der Waals surface area contributed by atoms with Crippen molar-refractivity contribution in [3.05, 3.63) is 40.8 Å². The lowest BCUT2D eigenvalue weighted by atomic mass is 10.0. The van der Waals surface area contributed by atoms with Crippen LogP contribution in [-0.2, 0) is 17.2 Å². The summed E-state index contributed by atoms with van der Waals surface area (Å²) in [5.74, 6) is 0.446. The highest BCUT2D eigenvalue weighted by molar-refractivity contribution is 7.87. The summed E-state index contributed by atoms with van der Waals surface area (Å²) >= 11 is 5.93. The van der Waals surface area contributed by atoms with Crippen LogP contribution >= 0.6 is 11.6 Å². The van der Waals surface area contributed by atoms with Gasteiger partial charge in [0.2, 0.25) is 5.03 Å². The van der Waals surface area contributed by atoms with Crippen molar-refractivity contribution in [2.75, 3.05) is 0 Å². The smallest absolute Gasteiger partial charge is 0.360 e. The first-order chi connectivity index (χ1) is 9.72. The zero-order valence-electron chi connectivity index (χ0n) is 12.3. The Labute approximate surface area is 129 Å². The van der Waals surface area contributed by atoms with Crippen LogP contribution in [0.4, 0.5) is 0 Å². The first kappa shape index (κ1) is 15.9. The minimum absolute atomic E-state index is 0.0220. The molecule has 114 valence electrons. The predicted octanol–water partition coefficient (Wildman–Crippen LogP) is 3.27. The third-order valence-electron chi connectivity index (χ3n) is 3.06. The molecule has 7 heteroatoms. The maximum atomic E-state index is 12.3. The lowest BCUT2D eigenvalue weighted by Crippen LogP contribution is -2.12. The van der Waals surface area contributed by atoms with Gasteiger partial charge in [0.25, 0.3) is 0 Å². The lowest BCUT2D eigenvalue weighted by molar-refractivity contribution is 0.478. The molecule has 0 spiro atoms. The molecule has 0 bridgehead atoms. The van der Waals surface area contributed by atoms with E-state index >= 15 is 0 Å². The van der Waals surface area contributed by atoms with Gasteiger partial charge in [-0.2, -0.15) is 8.42 Å². The normalized spacial score (nSPS) is 11.9. The van der Waals surface area contributed by atoms with E-state index in [0.717, 1.165) is 11.1 Å². The fraction of sp³-hybridized carbons (Fsp3) is 0.357. The van der Waals surface area contributed by atoms with E-state index in [1.807, 2.05) is 32.9 Å². The maximum Gasteiger partial charge on any atom is 0.360 e. The average molecular weight is 329 g/mol. The second-order valence-corrected chi connectivity index (χ2v) is 7.00. The van der Waals surface area contributed by atoms with Gasteiger partial charge < -0.3 is 8.75 Å². The van der Waals surface area contributed by atoms with Crippen molar-refractivity contribution in [1.82, 2.24) is 9.55 Å². The molecule has 0 unspecified atom stereocenters. The fourth-order valence-corrected chi connectivity index (χ4v) is 3.27. The Balaban J connectivity index is 2.46. The number of halogens is 1. The van der Waals surface area contributed by atoms with Crippen LogP contribution in [0.5, 0.6) is 5.75 Å². The van der Waals surface area contributed by atoms with Gasteiger partial charge in [-0.1, -0.05) is 37.6 Å². The van der Waals surface area contributed by atoms with Crippen molar-refractivity contribution in [3.8, 4) is 5.75 Å². The first-order valence-electron chi connectivity index (χ1n) is 6.44. The van der Waals surface area contributed by atoms with Crippen molar-refractivity contribution in [2.45, 2.75) is 31.7 Å². The summed E-state index contributed by atoms with van der Waals surface area (Å²) in [7, 11) is -2.45. The molecule has 21 heavy (non-hydrogen) atoms. The molecule has 0 N–H and O–H groups in total. The van der Waals surface area contributed by atoms with Gasteiger partial charge in [0.1, 0.15) is 5.75 Å². The summed E-state index contributed by atoms with van der Waals surface area (Å²) in [6.45, 7) is 5.81. The molecule has 0 atom stereocenters. The van der Waals surface area contributed by atoms with E-state index in [4.69, 9.17) is 15.8 Å². The number of rotatable bonds is 4. The average Bonchev–Trinajstić information content (AvgIpc) is 2.69. The predicted molar refractivity (Wildman–Crippen MR) is 81.3 cm³/mol. The molecule has 0 aliphatic heterocycles. The van der Waals surface area contributed by atoms with Crippen molar-refractivity contribution in [1.29, 1.82) is 0 Å².